The number of hydrogen-bond donors (Lipinski definition) is 3. The van der Waals surface area contributed by atoms with Gasteiger partial charge in [-0.2, -0.15) is 0 Å². The maximum atomic E-state index is 12.4. The highest BCUT2D eigenvalue weighted by atomic mass is 32.2. The number of carbonyl (C=O) groups excluding carboxylic acids is 2. The van der Waals surface area contributed by atoms with Gasteiger partial charge in [-0.15, -0.1) is 0 Å². The van der Waals surface area contributed by atoms with Crippen molar-refractivity contribution in [3.8, 4) is 0 Å². The summed E-state index contributed by atoms with van der Waals surface area (Å²) in [6, 6.07) is 8.40. The molecule has 3 N–H and O–H groups in total. The molecular weight excluding hydrogens is 420 g/mol. The summed E-state index contributed by atoms with van der Waals surface area (Å²) in [6.07, 6.45) is -0.143. The highest BCUT2D eigenvalue weighted by Gasteiger charge is 2.18. The van der Waals surface area contributed by atoms with E-state index in [1.807, 2.05) is 19.9 Å². The SMILES string of the molecule is CCN(CC)Cc1ccc(C(=O)NNC(=O)CCNS(=O)(=O)c2cc(C)ccc2C)o1. The van der Waals surface area contributed by atoms with Crippen molar-refractivity contribution in [3.63, 3.8) is 0 Å². The number of hydrogen-bond acceptors (Lipinski definition) is 6. The van der Waals surface area contributed by atoms with E-state index in [1.165, 1.54) is 0 Å². The molecule has 2 aromatic rings. The summed E-state index contributed by atoms with van der Waals surface area (Å²) in [4.78, 5) is 26.4. The molecule has 31 heavy (non-hydrogen) atoms. The first-order valence-electron chi connectivity index (χ1n) is 10.1. The third-order valence-electron chi connectivity index (χ3n) is 4.75. The van der Waals surface area contributed by atoms with Gasteiger partial charge in [0, 0.05) is 13.0 Å². The van der Waals surface area contributed by atoms with Crippen molar-refractivity contribution in [2.24, 2.45) is 0 Å². The monoisotopic (exact) mass is 450 g/mol. The van der Waals surface area contributed by atoms with Crippen LogP contribution in [-0.2, 0) is 21.4 Å². The minimum absolute atomic E-state index is 0.0816. The van der Waals surface area contributed by atoms with Gasteiger partial charge in [-0.1, -0.05) is 26.0 Å². The van der Waals surface area contributed by atoms with E-state index >= 15 is 0 Å². The number of aryl methyl sites for hydroxylation is 2. The van der Waals surface area contributed by atoms with Crippen molar-refractivity contribution in [2.75, 3.05) is 19.6 Å². The third kappa shape index (κ3) is 7.20. The van der Waals surface area contributed by atoms with Crippen LogP contribution in [0.5, 0.6) is 0 Å². The zero-order valence-corrected chi connectivity index (χ0v) is 19.1. The maximum absolute atomic E-state index is 12.4. The zero-order valence-electron chi connectivity index (χ0n) is 18.3. The zero-order chi connectivity index (χ0) is 23.0. The lowest BCUT2D eigenvalue weighted by Crippen LogP contribution is -2.42. The summed E-state index contributed by atoms with van der Waals surface area (Å²) in [7, 11) is -3.73. The Morgan fingerprint density at radius 1 is 1.03 bits per heavy atom. The molecule has 1 aromatic heterocycles. The van der Waals surface area contributed by atoms with E-state index in [2.05, 4.69) is 20.5 Å². The van der Waals surface area contributed by atoms with Gasteiger partial charge in [0.05, 0.1) is 11.4 Å². The van der Waals surface area contributed by atoms with Crippen LogP contribution in [-0.4, -0.2) is 44.8 Å². The number of hydrazine groups is 1. The quantitative estimate of drug-likeness (QED) is 0.475. The summed E-state index contributed by atoms with van der Waals surface area (Å²) in [5.41, 5.74) is 5.97. The average molecular weight is 451 g/mol. The van der Waals surface area contributed by atoms with Crippen LogP contribution in [0.3, 0.4) is 0 Å². The Morgan fingerprint density at radius 3 is 2.42 bits per heavy atom. The predicted octanol–water partition coefficient (Wildman–Crippen LogP) is 1.87. The molecule has 0 aliphatic rings. The summed E-state index contributed by atoms with van der Waals surface area (Å²) >= 11 is 0. The van der Waals surface area contributed by atoms with Gasteiger partial charge in [0.25, 0.3) is 0 Å². The van der Waals surface area contributed by atoms with Gasteiger partial charge in [0.1, 0.15) is 5.76 Å². The number of rotatable bonds is 10. The van der Waals surface area contributed by atoms with E-state index in [-0.39, 0.29) is 23.6 Å². The first kappa shape index (κ1) is 24.6. The van der Waals surface area contributed by atoms with Crippen LogP contribution in [0, 0.1) is 13.8 Å². The van der Waals surface area contributed by atoms with Crippen LogP contribution < -0.4 is 15.6 Å². The molecule has 0 saturated carbocycles. The van der Waals surface area contributed by atoms with Gasteiger partial charge in [0.2, 0.25) is 15.9 Å². The summed E-state index contributed by atoms with van der Waals surface area (Å²) in [6.45, 7) is 9.80. The fourth-order valence-corrected chi connectivity index (χ4v) is 4.24. The van der Waals surface area contributed by atoms with Gasteiger partial charge >= 0.3 is 5.91 Å². The normalized spacial score (nSPS) is 11.5. The smallest absolute Gasteiger partial charge is 0.305 e. The first-order chi connectivity index (χ1) is 14.7. The minimum Gasteiger partial charge on any atom is -0.454 e. The molecule has 0 atom stereocenters. The molecule has 0 aliphatic carbocycles. The fraction of sp³-hybridized carbons (Fsp3) is 0.429. The molecule has 9 nitrogen and oxygen atoms in total. The summed E-state index contributed by atoms with van der Waals surface area (Å²) in [5.74, 6) is -0.388. The molecular formula is C21H30N4O5S. The van der Waals surface area contributed by atoms with Crippen molar-refractivity contribution in [3.05, 3.63) is 53.0 Å². The number of sulfonamides is 1. The summed E-state index contributed by atoms with van der Waals surface area (Å²) in [5, 5.41) is 0. The number of furan rings is 1. The van der Waals surface area contributed by atoms with Crippen molar-refractivity contribution in [2.45, 2.75) is 45.6 Å². The Morgan fingerprint density at radius 2 is 1.74 bits per heavy atom. The largest absolute Gasteiger partial charge is 0.454 e. The molecule has 0 bridgehead atoms. The second kappa shape index (κ2) is 11.1. The van der Waals surface area contributed by atoms with Gasteiger partial charge < -0.3 is 4.42 Å². The van der Waals surface area contributed by atoms with Crippen molar-refractivity contribution < 1.29 is 22.4 Å². The molecule has 1 heterocycles. The van der Waals surface area contributed by atoms with E-state index in [1.54, 1.807) is 38.1 Å². The van der Waals surface area contributed by atoms with Crippen molar-refractivity contribution in [1.82, 2.24) is 20.5 Å². The maximum Gasteiger partial charge on any atom is 0.305 e. The van der Waals surface area contributed by atoms with E-state index in [0.29, 0.717) is 17.9 Å². The number of benzene rings is 1. The third-order valence-corrected chi connectivity index (χ3v) is 6.36. The van der Waals surface area contributed by atoms with E-state index in [4.69, 9.17) is 4.42 Å². The van der Waals surface area contributed by atoms with Crippen LogP contribution in [0.4, 0.5) is 0 Å². The molecule has 10 heteroatoms. The standard InChI is InChI=1S/C21H30N4O5S/c1-5-25(6-2)14-17-9-10-18(30-17)21(27)24-23-20(26)11-12-22-31(28,29)19-13-15(3)7-8-16(19)4/h7-10,13,22H,5-6,11-12,14H2,1-4H3,(H,23,26)(H,24,27). The Hall–Kier alpha value is -2.69. The molecule has 1 aromatic carbocycles. The summed E-state index contributed by atoms with van der Waals surface area (Å²) < 4.78 is 32.8. The molecule has 170 valence electrons. The second-order valence-corrected chi connectivity index (χ2v) is 8.88. The lowest BCUT2D eigenvalue weighted by Gasteiger charge is -2.15. The number of carbonyl (C=O) groups is 2. The highest BCUT2D eigenvalue weighted by Crippen LogP contribution is 2.16. The van der Waals surface area contributed by atoms with Crippen LogP contribution >= 0.6 is 0 Å². The topological polar surface area (TPSA) is 121 Å². The van der Waals surface area contributed by atoms with Crippen LogP contribution in [0.25, 0.3) is 0 Å². The van der Waals surface area contributed by atoms with Crippen LogP contribution in [0.15, 0.2) is 39.6 Å². The molecule has 0 unspecified atom stereocenters. The Bertz CT molecular complexity index is 1010. The first-order valence-corrected chi connectivity index (χ1v) is 11.6. The van der Waals surface area contributed by atoms with Crippen molar-refractivity contribution >= 4 is 21.8 Å². The average Bonchev–Trinajstić information content (AvgIpc) is 3.20. The second-order valence-electron chi connectivity index (χ2n) is 7.15. The molecule has 0 aliphatic heterocycles. The highest BCUT2D eigenvalue weighted by molar-refractivity contribution is 7.89. The Labute approximate surface area is 183 Å². The van der Waals surface area contributed by atoms with Gasteiger partial charge in [-0.05, 0) is 56.3 Å². The number of nitrogens with one attached hydrogen (secondary N) is 3. The van der Waals surface area contributed by atoms with Gasteiger partial charge in [-0.3, -0.25) is 25.3 Å². The van der Waals surface area contributed by atoms with E-state index < -0.39 is 21.8 Å². The van der Waals surface area contributed by atoms with Crippen molar-refractivity contribution in [1.29, 1.82) is 0 Å². The molecule has 0 saturated heterocycles. The van der Waals surface area contributed by atoms with E-state index in [0.717, 1.165) is 18.7 Å². The molecule has 0 fully saturated rings. The van der Waals surface area contributed by atoms with E-state index in [9.17, 15) is 18.0 Å². The number of amides is 2. The van der Waals surface area contributed by atoms with Crippen LogP contribution in [0.1, 0.15) is 47.7 Å². The lowest BCUT2D eigenvalue weighted by molar-refractivity contribution is -0.121. The predicted molar refractivity (Wildman–Crippen MR) is 117 cm³/mol. The molecule has 2 amide bonds. The molecule has 0 spiro atoms. The van der Waals surface area contributed by atoms with Gasteiger partial charge in [-0.25, -0.2) is 13.1 Å². The Balaban J connectivity index is 1.80. The lowest BCUT2D eigenvalue weighted by atomic mass is 10.2. The minimum atomic E-state index is -3.73. The molecule has 0 radical (unpaired) electrons. The fourth-order valence-electron chi connectivity index (χ4n) is 2.88. The Kier molecular flexibility index (Phi) is 8.78. The van der Waals surface area contributed by atoms with Crippen LogP contribution in [0.2, 0.25) is 0 Å². The van der Waals surface area contributed by atoms with Gasteiger partial charge in [0.15, 0.2) is 5.76 Å². The number of nitrogens with zero attached hydrogens (tertiary/aromatic N) is 1. The molecule has 2 rings (SSSR count).